The molecule has 1 amide bonds. The lowest BCUT2D eigenvalue weighted by molar-refractivity contribution is -0.122. The van der Waals surface area contributed by atoms with Gasteiger partial charge in [0.15, 0.2) is 4.96 Å². The molecule has 7 nitrogen and oxygen atoms in total. The van der Waals surface area contributed by atoms with Gasteiger partial charge in [-0.3, -0.25) is 13.9 Å². The average Bonchev–Trinajstić information content (AvgIpc) is 3.32. The molecule has 0 unspecified atom stereocenters. The van der Waals surface area contributed by atoms with Gasteiger partial charge in [0.05, 0.1) is 12.2 Å². The topological polar surface area (TPSA) is 76.2 Å². The van der Waals surface area contributed by atoms with Gasteiger partial charge in [0, 0.05) is 41.1 Å². The Morgan fingerprint density at radius 3 is 3.12 bits per heavy atom. The fraction of sp³-hybridized carbons (Fsp3) is 0.500. The van der Waals surface area contributed by atoms with Crippen molar-refractivity contribution in [2.24, 2.45) is 0 Å². The number of carbonyl (C=O) groups excluding carboxylic acids is 1. The minimum atomic E-state index is -0.0389. The Bertz CT molecular complexity index is 918. The van der Waals surface area contributed by atoms with Crippen molar-refractivity contribution in [3.05, 3.63) is 40.4 Å². The van der Waals surface area contributed by atoms with Crippen molar-refractivity contribution in [3.63, 3.8) is 0 Å². The van der Waals surface area contributed by atoms with Crippen LogP contribution in [0.5, 0.6) is 0 Å². The first-order chi connectivity index (χ1) is 12.6. The van der Waals surface area contributed by atoms with E-state index in [1.165, 1.54) is 17.0 Å². The zero-order valence-corrected chi connectivity index (χ0v) is 16.0. The number of hydrogen-bond donors (Lipinski definition) is 2. The third kappa shape index (κ3) is 3.39. The van der Waals surface area contributed by atoms with Gasteiger partial charge in [0.1, 0.15) is 6.54 Å². The summed E-state index contributed by atoms with van der Waals surface area (Å²) in [5.74, 6) is 0.396. The van der Waals surface area contributed by atoms with Gasteiger partial charge in [-0.25, -0.2) is 4.98 Å². The molecule has 8 heteroatoms. The van der Waals surface area contributed by atoms with E-state index >= 15 is 0 Å². The number of carbonyl (C=O) groups is 1. The highest BCUT2D eigenvalue weighted by atomic mass is 32.1. The van der Waals surface area contributed by atoms with E-state index in [1.807, 2.05) is 16.9 Å². The van der Waals surface area contributed by atoms with Gasteiger partial charge in [-0.2, -0.15) is 5.10 Å². The Hall–Kier alpha value is -2.19. The van der Waals surface area contributed by atoms with Crippen molar-refractivity contribution in [2.45, 2.75) is 45.7 Å². The van der Waals surface area contributed by atoms with Gasteiger partial charge < -0.3 is 10.6 Å². The van der Waals surface area contributed by atoms with E-state index in [9.17, 15) is 4.79 Å². The van der Waals surface area contributed by atoms with Crippen molar-refractivity contribution in [2.75, 3.05) is 13.1 Å². The van der Waals surface area contributed by atoms with E-state index in [1.54, 1.807) is 17.5 Å². The maximum absolute atomic E-state index is 12.4. The Labute approximate surface area is 156 Å². The quantitative estimate of drug-likeness (QED) is 0.718. The van der Waals surface area contributed by atoms with Crippen LogP contribution >= 0.6 is 11.3 Å². The molecule has 0 aliphatic carbocycles. The predicted molar refractivity (Wildman–Crippen MR) is 101 cm³/mol. The van der Waals surface area contributed by atoms with Crippen LogP contribution in [0.4, 0.5) is 0 Å². The Balaban J connectivity index is 1.37. The fourth-order valence-corrected chi connectivity index (χ4v) is 4.47. The van der Waals surface area contributed by atoms with E-state index in [0.717, 1.165) is 35.9 Å². The van der Waals surface area contributed by atoms with E-state index < -0.39 is 0 Å². The number of piperidine rings is 1. The molecule has 1 aliphatic rings. The van der Waals surface area contributed by atoms with E-state index in [-0.39, 0.29) is 12.5 Å². The van der Waals surface area contributed by atoms with Gasteiger partial charge in [-0.1, -0.05) is 0 Å². The normalized spacial score (nSPS) is 17.7. The number of nitrogens with one attached hydrogen (secondary N) is 2. The SMILES string of the molecule is Cc1sc2nc(CNC(=O)Cn3nccc3[C@@H]3CCCNC3)cn2c1C. The number of aryl methyl sites for hydroxylation is 2. The summed E-state index contributed by atoms with van der Waals surface area (Å²) >= 11 is 1.67. The number of hydrogen-bond acceptors (Lipinski definition) is 5. The van der Waals surface area contributed by atoms with E-state index in [0.29, 0.717) is 12.5 Å². The molecule has 4 heterocycles. The molecule has 0 spiro atoms. The van der Waals surface area contributed by atoms with Gasteiger partial charge >= 0.3 is 0 Å². The number of aromatic nitrogens is 4. The van der Waals surface area contributed by atoms with Crippen LogP contribution in [0.25, 0.3) is 4.96 Å². The molecule has 2 N–H and O–H groups in total. The number of rotatable bonds is 5. The van der Waals surface area contributed by atoms with Gasteiger partial charge in [-0.15, -0.1) is 11.3 Å². The molecule has 0 bridgehead atoms. The molecule has 0 radical (unpaired) electrons. The van der Waals surface area contributed by atoms with Crippen LogP contribution in [0.15, 0.2) is 18.5 Å². The molecule has 1 fully saturated rings. The molecule has 0 saturated carbocycles. The minimum Gasteiger partial charge on any atom is -0.349 e. The second-order valence-corrected chi connectivity index (χ2v) is 8.04. The van der Waals surface area contributed by atoms with Gasteiger partial charge in [-0.05, 0) is 39.3 Å². The van der Waals surface area contributed by atoms with E-state index in [2.05, 4.69) is 39.0 Å². The van der Waals surface area contributed by atoms with Crippen molar-refractivity contribution in [1.82, 2.24) is 29.8 Å². The molecule has 26 heavy (non-hydrogen) atoms. The molecule has 4 rings (SSSR count). The van der Waals surface area contributed by atoms with Gasteiger partial charge in [0.2, 0.25) is 5.91 Å². The summed E-state index contributed by atoms with van der Waals surface area (Å²) in [7, 11) is 0. The third-order valence-electron chi connectivity index (χ3n) is 5.06. The Morgan fingerprint density at radius 1 is 1.46 bits per heavy atom. The highest BCUT2D eigenvalue weighted by Crippen LogP contribution is 2.23. The number of nitrogens with zero attached hydrogens (tertiary/aromatic N) is 4. The highest BCUT2D eigenvalue weighted by molar-refractivity contribution is 7.17. The second kappa shape index (κ2) is 7.20. The first-order valence-corrected chi connectivity index (χ1v) is 9.86. The maximum atomic E-state index is 12.4. The molecular weight excluding hydrogens is 348 g/mol. The molecule has 1 aliphatic heterocycles. The second-order valence-electron chi connectivity index (χ2n) is 6.86. The largest absolute Gasteiger partial charge is 0.349 e. The average molecular weight is 372 g/mol. The highest BCUT2D eigenvalue weighted by Gasteiger charge is 2.20. The number of imidazole rings is 1. The third-order valence-corrected chi connectivity index (χ3v) is 6.14. The van der Waals surface area contributed by atoms with Crippen LogP contribution in [0.3, 0.4) is 0 Å². The van der Waals surface area contributed by atoms with Crippen molar-refractivity contribution < 1.29 is 4.79 Å². The summed E-state index contributed by atoms with van der Waals surface area (Å²) < 4.78 is 3.91. The number of amides is 1. The smallest absolute Gasteiger partial charge is 0.242 e. The lowest BCUT2D eigenvalue weighted by atomic mass is 9.96. The van der Waals surface area contributed by atoms with Crippen LogP contribution in [-0.4, -0.2) is 38.2 Å². The maximum Gasteiger partial charge on any atom is 0.242 e. The standard InChI is InChI=1S/C18H24N6OS/c1-12-13(2)26-18-22-15(10-23(12)18)9-20-17(25)11-24-16(5-7-21-24)14-4-3-6-19-8-14/h5,7,10,14,19H,3-4,6,8-9,11H2,1-2H3,(H,20,25)/t14-/m1/s1. The summed E-state index contributed by atoms with van der Waals surface area (Å²) in [5.41, 5.74) is 3.23. The molecule has 3 aromatic heterocycles. The summed E-state index contributed by atoms with van der Waals surface area (Å²) in [6.45, 7) is 6.90. The minimum absolute atomic E-state index is 0.0389. The monoisotopic (exact) mass is 372 g/mol. The predicted octanol–water partition coefficient (Wildman–Crippen LogP) is 1.99. The lowest BCUT2D eigenvalue weighted by Crippen LogP contribution is -2.32. The zero-order valence-electron chi connectivity index (χ0n) is 15.2. The lowest BCUT2D eigenvalue weighted by Gasteiger charge is -2.23. The molecule has 0 aromatic carbocycles. The first-order valence-electron chi connectivity index (χ1n) is 9.05. The molecular formula is C18H24N6OS. The number of fused-ring (bicyclic) bond motifs is 1. The summed E-state index contributed by atoms with van der Waals surface area (Å²) in [4.78, 5) is 19.2. The molecule has 1 saturated heterocycles. The molecule has 3 aromatic rings. The van der Waals surface area contributed by atoms with Crippen LogP contribution < -0.4 is 10.6 Å². The van der Waals surface area contributed by atoms with Crippen molar-refractivity contribution in [1.29, 1.82) is 0 Å². The van der Waals surface area contributed by atoms with Crippen molar-refractivity contribution >= 4 is 22.2 Å². The Morgan fingerprint density at radius 2 is 2.35 bits per heavy atom. The van der Waals surface area contributed by atoms with Crippen LogP contribution in [0.2, 0.25) is 0 Å². The summed E-state index contributed by atoms with van der Waals surface area (Å²) in [5, 5.41) is 10.7. The molecule has 1 atom stereocenters. The van der Waals surface area contributed by atoms with Crippen LogP contribution in [0, 0.1) is 13.8 Å². The molecule has 138 valence electrons. The zero-order chi connectivity index (χ0) is 18.1. The fourth-order valence-electron chi connectivity index (χ4n) is 3.49. The van der Waals surface area contributed by atoms with Crippen LogP contribution in [-0.2, 0) is 17.9 Å². The summed E-state index contributed by atoms with van der Waals surface area (Å²) in [6.07, 6.45) is 6.09. The van der Waals surface area contributed by atoms with Crippen molar-refractivity contribution in [3.8, 4) is 0 Å². The van der Waals surface area contributed by atoms with Crippen LogP contribution in [0.1, 0.15) is 40.7 Å². The van der Waals surface area contributed by atoms with Gasteiger partial charge in [0.25, 0.3) is 0 Å². The van der Waals surface area contributed by atoms with E-state index in [4.69, 9.17) is 0 Å². The number of thiazole rings is 1. The Kier molecular flexibility index (Phi) is 4.78. The first kappa shape index (κ1) is 17.2. The summed E-state index contributed by atoms with van der Waals surface area (Å²) in [6, 6.07) is 2.03.